The Balaban J connectivity index is 1.79. The summed E-state index contributed by atoms with van der Waals surface area (Å²) in [5.41, 5.74) is 1.83. The highest BCUT2D eigenvalue weighted by Crippen LogP contribution is 2.23. The van der Waals surface area contributed by atoms with Crippen molar-refractivity contribution in [2.45, 2.75) is 6.10 Å². The monoisotopic (exact) mass is 313 g/mol. The minimum atomic E-state index is -0.119. The Morgan fingerprint density at radius 1 is 1.26 bits per heavy atom. The second-order valence-electron chi connectivity index (χ2n) is 5.11. The molecule has 3 rings (SSSR count). The summed E-state index contributed by atoms with van der Waals surface area (Å²) in [6.45, 7) is 0.574. The van der Waals surface area contributed by atoms with Crippen molar-refractivity contribution in [3.8, 4) is 5.75 Å². The Bertz CT molecular complexity index is 802. The minimum Gasteiger partial charge on any atom is -0.497 e. The zero-order valence-electron chi connectivity index (χ0n) is 13.4. The number of ether oxygens (including phenoxy) is 2. The first-order valence-corrected chi connectivity index (χ1v) is 7.26. The van der Waals surface area contributed by atoms with Gasteiger partial charge in [0, 0.05) is 20.7 Å². The van der Waals surface area contributed by atoms with Gasteiger partial charge in [-0.2, -0.15) is 5.10 Å². The van der Waals surface area contributed by atoms with E-state index >= 15 is 0 Å². The molecule has 3 aromatic rings. The number of anilines is 1. The van der Waals surface area contributed by atoms with Gasteiger partial charge in [-0.1, -0.05) is 12.1 Å². The first kappa shape index (κ1) is 15.2. The molecule has 0 fully saturated rings. The average Bonchev–Trinajstić information content (AvgIpc) is 2.98. The molecule has 7 heteroatoms. The summed E-state index contributed by atoms with van der Waals surface area (Å²) in [5.74, 6) is 1.55. The molecular formula is C16H19N5O2. The summed E-state index contributed by atoms with van der Waals surface area (Å²) in [6.07, 6.45) is 3.16. The number of nitrogens with zero attached hydrogens (tertiary/aromatic N) is 4. The van der Waals surface area contributed by atoms with Crippen LogP contribution in [0.1, 0.15) is 11.7 Å². The molecule has 0 amide bonds. The zero-order chi connectivity index (χ0) is 16.2. The molecule has 2 aromatic heterocycles. The third-order valence-electron chi connectivity index (χ3n) is 3.73. The van der Waals surface area contributed by atoms with Gasteiger partial charge in [-0.15, -0.1) is 0 Å². The summed E-state index contributed by atoms with van der Waals surface area (Å²) in [6, 6.07) is 7.84. The zero-order valence-corrected chi connectivity index (χ0v) is 13.4. The van der Waals surface area contributed by atoms with E-state index in [-0.39, 0.29) is 6.10 Å². The maximum absolute atomic E-state index is 5.59. The number of benzene rings is 1. The molecule has 0 bridgehead atoms. The van der Waals surface area contributed by atoms with E-state index in [2.05, 4.69) is 20.4 Å². The Labute approximate surface area is 134 Å². The molecule has 120 valence electrons. The van der Waals surface area contributed by atoms with Crippen molar-refractivity contribution in [3.63, 3.8) is 0 Å². The Morgan fingerprint density at radius 3 is 2.91 bits per heavy atom. The maximum Gasteiger partial charge on any atom is 0.163 e. The highest BCUT2D eigenvalue weighted by Gasteiger charge is 2.13. The molecule has 0 spiro atoms. The van der Waals surface area contributed by atoms with Crippen molar-refractivity contribution in [1.82, 2.24) is 19.7 Å². The fourth-order valence-electron chi connectivity index (χ4n) is 2.47. The lowest BCUT2D eigenvalue weighted by Crippen LogP contribution is -2.15. The summed E-state index contributed by atoms with van der Waals surface area (Å²) in [4.78, 5) is 8.53. The van der Waals surface area contributed by atoms with Crippen molar-refractivity contribution in [2.75, 3.05) is 26.1 Å². The molecule has 0 radical (unpaired) electrons. The van der Waals surface area contributed by atoms with Gasteiger partial charge in [0.05, 0.1) is 24.8 Å². The predicted octanol–water partition coefficient (Wildman–Crippen LogP) is 2.17. The molecule has 0 saturated heterocycles. The maximum atomic E-state index is 5.59. The van der Waals surface area contributed by atoms with Crippen LogP contribution in [0.2, 0.25) is 0 Å². The molecule has 0 aliphatic heterocycles. The Kier molecular flexibility index (Phi) is 4.38. The first-order chi connectivity index (χ1) is 11.2. The van der Waals surface area contributed by atoms with E-state index in [1.165, 1.54) is 6.33 Å². The van der Waals surface area contributed by atoms with Gasteiger partial charge in [-0.25, -0.2) is 9.97 Å². The summed E-state index contributed by atoms with van der Waals surface area (Å²) < 4.78 is 12.6. The van der Waals surface area contributed by atoms with Crippen LogP contribution in [-0.2, 0) is 11.8 Å². The highest BCUT2D eigenvalue weighted by atomic mass is 16.5. The standard InChI is InChI=1S/C16H19N5O2/c1-21-16-13(8-20-21)15(18-10-19-16)17-9-14(23-3)11-5-4-6-12(7-11)22-2/h4-8,10,14H,9H2,1-3H3,(H,17,18,19). The fourth-order valence-corrected chi connectivity index (χ4v) is 2.47. The number of rotatable bonds is 6. The van der Waals surface area contributed by atoms with Crippen LogP contribution >= 0.6 is 0 Å². The van der Waals surface area contributed by atoms with Crippen LogP contribution in [0.4, 0.5) is 5.82 Å². The topological polar surface area (TPSA) is 74.1 Å². The minimum absolute atomic E-state index is 0.119. The summed E-state index contributed by atoms with van der Waals surface area (Å²) in [5, 5.41) is 8.41. The van der Waals surface area contributed by atoms with Gasteiger partial charge in [-0.05, 0) is 17.7 Å². The number of nitrogens with one attached hydrogen (secondary N) is 1. The molecule has 0 saturated carbocycles. The van der Waals surface area contributed by atoms with Crippen LogP contribution in [0.3, 0.4) is 0 Å². The number of methoxy groups -OCH3 is 2. The highest BCUT2D eigenvalue weighted by molar-refractivity contribution is 5.85. The van der Waals surface area contributed by atoms with Crippen molar-refractivity contribution in [1.29, 1.82) is 0 Å². The van der Waals surface area contributed by atoms with E-state index in [4.69, 9.17) is 9.47 Å². The quantitative estimate of drug-likeness (QED) is 0.752. The van der Waals surface area contributed by atoms with Crippen molar-refractivity contribution in [3.05, 3.63) is 42.4 Å². The Morgan fingerprint density at radius 2 is 2.13 bits per heavy atom. The van der Waals surface area contributed by atoms with E-state index < -0.39 is 0 Å². The number of fused-ring (bicyclic) bond motifs is 1. The average molecular weight is 313 g/mol. The number of hydrogen-bond donors (Lipinski definition) is 1. The van der Waals surface area contributed by atoms with Gasteiger partial charge in [-0.3, -0.25) is 4.68 Å². The molecule has 1 atom stereocenters. The molecule has 0 aliphatic carbocycles. The van der Waals surface area contributed by atoms with Gasteiger partial charge in [0.15, 0.2) is 5.65 Å². The van der Waals surface area contributed by atoms with Gasteiger partial charge >= 0.3 is 0 Å². The molecule has 1 aromatic carbocycles. The van der Waals surface area contributed by atoms with Crippen LogP contribution in [0, 0.1) is 0 Å². The largest absolute Gasteiger partial charge is 0.497 e. The van der Waals surface area contributed by atoms with Crippen LogP contribution in [0.25, 0.3) is 11.0 Å². The third-order valence-corrected chi connectivity index (χ3v) is 3.73. The summed E-state index contributed by atoms with van der Waals surface area (Å²) in [7, 11) is 5.19. The van der Waals surface area contributed by atoms with Crippen molar-refractivity contribution < 1.29 is 9.47 Å². The number of aryl methyl sites for hydroxylation is 1. The van der Waals surface area contributed by atoms with Crippen molar-refractivity contribution >= 4 is 16.9 Å². The molecular weight excluding hydrogens is 294 g/mol. The third kappa shape index (κ3) is 3.09. The molecule has 1 unspecified atom stereocenters. The van der Waals surface area contributed by atoms with Crippen LogP contribution < -0.4 is 10.1 Å². The lowest BCUT2D eigenvalue weighted by atomic mass is 10.1. The normalized spacial score (nSPS) is 12.3. The molecule has 1 N–H and O–H groups in total. The van der Waals surface area contributed by atoms with E-state index in [0.29, 0.717) is 6.54 Å². The smallest absolute Gasteiger partial charge is 0.163 e. The lowest BCUT2D eigenvalue weighted by molar-refractivity contribution is 0.114. The SMILES string of the molecule is COc1cccc(C(CNc2ncnc3c2cnn3C)OC)c1. The van der Waals surface area contributed by atoms with Crippen LogP contribution in [0.15, 0.2) is 36.8 Å². The summed E-state index contributed by atoms with van der Waals surface area (Å²) >= 11 is 0. The van der Waals surface area contributed by atoms with E-state index in [0.717, 1.165) is 28.2 Å². The van der Waals surface area contributed by atoms with Crippen LogP contribution in [0.5, 0.6) is 5.75 Å². The van der Waals surface area contributed by atoms with Gasteiger partial charge < -0.3 is 14.8 Å². The predicted molar refractivity (Wildman–Crippen MR) is 87.5 cm³/mol. The van der Waals surface area contributed by atoms with E-state index in [9.17, 15) is 0 Å². The molecule has 0 aliphatic rings. The fraction of sp³-hybridized carbons (Fsp3) is 0.312. The van der Waals surface area contributed by atoms with Crippen LogP contribution in [-0.4, -0.2) is 40.5 Å². The van der Waals surface area contributed by atoms with Gasteiger partial charge in [0.25, 0.3) is 0 Å². The van der Waals surface area contributed by atoms with Gasteiger partial charge in [0.1, 0.15) is 17.9 Å². The number of hydrogen-bond acceptors (Lipinski definition) is 6. The molecule has 7 nitrogen and oxygen atoms in total. The molecule has 2 heterocycles. The van der Waals surface area contributed by atoms with E-state index in [1.54, 1.807) is 25.1 Å². The molecule has 23 heavy (non-hydrogen) atoms. The first-order valence-electron chi connectivity index (χ1n) is 7.26. The lowest BCUT2D eigenvalue weighted by Gasteiger charge is -2.17. The van der Waals surface area contributed by atoms with Crippen molar-refractivity contribution in [2.24, 2.45) is 7.05 Å². The Hall–Kier alpha value is -2.67. The second kappa shape index (κ2) is 6.62. The van der Waals surface area contributed by atoms with Gasteiger partial charge in [0.2, 0.25) is 0 Å². The van der Waals surface area contributed by atoms with E-state index in [1.807, 2.05) is 31.3 Å². The number of aromatic nitrogens is 4. The second-order valence-corrected chi connectivity index (χ2v) is 5.11.